The number of H-pyrrole nitrogens is 1. The maximum atomic E-state index is 12.1. The molecule has 1 atom stereocenters. The standard InChI is InChI=1S/C16H24N4O/c1-6-16(5,17)14(21)18-10-7-8-11-12(9-10)20-13(19-11)15(2,3)4/h7-9H,6,17H2,1-5H3,(H,18,21)(H,19,20). The van der Waals surface area contributed by atoms with E-state index in [1.165, 1.54) is 0 Å². The average Bonchev–Trinajstić information content (AvgIpc) is 2.81. The Morgan fingerprint density at radius 3 is 2.57 bits per heavy atom. The zero-order chi connectivity index (χ0) is 15.8. The van der Waals surface area contributed by atoms with Gasteiger partial charge in [0.25, 0.3) is 0 Å². The molecule has 0 fully saturated rings. The molecule has 2 rings (SSSR count). The molecule has 0 saturated carbocycles. The van der Waals surface area contributed by atoms with Gasteiger partial charge in [-0.15, -0.1) is 0 Å². The molecule has 1 aromatic carbocycles. The van der Waals surface area contributed by atoms with Crippen molar-refractivity contribution in [1.82, 2.24) is 9.97 Å². The van der Waals surface area contributed by atoms with E-state index in [-0.39, 0.29) is 11.3 Å². The number of carbonyl (C=O) groups is 1. The van der Waals surface area contributed by atoms with Crippen LogP contribution in [0.3, 0.4) is 0 Å². The van der Waals surface area contributed by atoms with Crippen molar-refractivity contribution in [2.24, 2.45) is 5.73 Å². The van der Waals surface area contributed by atoms with Gasteiger partial charge in [-0.3, -0.25) is 4.79 Å². The Labute approximate surface area is 125 Å². The predicted molar refractivity (Wildman–Crippen MR) is 86.3 cm³/mol. The summed E-state index contributed by atoms with van der Waals surface area (Å²) in [7, 11) is 0. The highest BCUT2D eigenvalue weighted by molar-refractivity contribution is 5.98. The molecule has 4 N–H and O–H groups in total. The zero-order valence-corrected chi connectivity index (χ0v) is 13.4. The van der Waals surface area contributed by atoms with E-state index in [0.29, 0.717) is 6.42 Å². The molecule has 1 amide bonds. The Morgan fingerprint density at radius 2 is 2.00 bits per heavy atom. The lowest BCUT2D eigenvalue weighted by molar-refractivity contribution is -0.120. The Bertz CT molecular complexity index is 664. The van der Waals surface area contributed by atoms with Crippen LogP contribution in [0.25, 0.3) is 11.0 Å². The molecule has 1 unspecified atom stereocenters. The van der Waals surface area contributed by atoms with E-state index in [4.69, 9.17) is 5.73 Å². The van der Waals surface area contributed by atoms with Gasteiger partial charge >= 0.3 is 0 Å². The highest BCUT2D eigenvalue weighted by atomic mass is 16.2. The van der Waals surface area contributed by atoms with E-state index in [1.807, 2.05) is 25.1 Å². The fourth-order valence-corrected chi connectivity index (χ4v) is 1.88. The fraction of sp³-hybridized carbons (Fsp3) is 0.500. The predicted octanol–water partition coefficient (Wildman–Crippen LogP) is 2.93. The second kappa shape index (κ2) is 5.15. The minimum atomic E-state index is -0.862. The molecular formula is C16H24N4O. The van der Waals surface area contributed by atoms with Gasteiger partial charge in [0.15, 0.2) is 0 Å². The second-order valence-corrected chi connectivity index (χ2v) is 6.79. The molecule has 2 aromatic rings. The molecule has 0 aliphatic heterocycles. The average molecular weight is 288 g/mol. The summed E-state index contributed by atoms with van der Waals surface area (Å²) in [5.74, 6) is 0.748. The molecule has 114 valence electrons. The van der Waals surface area contributed by atoms with Gasteiger partial charge in [-0.25, -0.2) is 4.98 Å². The summed E-state index contributed by atoms with van der Waals surface area (Å²) in [5.41, 5.74) is 7.57. The minimum Gasteiger partial charge on any atom is -0.341 e. The summed E-state index contributed by atoms with van der Waals surface area (Å²) >= 11 is 0. The molecule has 0 aliphatic rings. The first-order valence-electron chi connectivity index (χ1n) is 7.24. The molecule has 1 aromatic heterocycles. The Morgan fingerprint density at radius 1 is 1.33 bits per heavy atom. The van der Waals surface area contributed by atoms with E-state index in [2.05, 4.69) is 36.1 Å². The van der Waals surface area contributed by atoms with Crippen molar-refractivity contribution in [3.8, 4) is 0 Å². The van der Waals surface area contributed by atoms with Crippen LogP contribution >= 0.6 is 0 Å². The van der Waals surface area contributed by atoms with Crippen LogP contribution in [0.2, 0.25) is 0 Å². The van der Waals surface area contributed by atoms with Gasteiger partial charge in [0, 0.05) is 11.1 Å². The van der Waals surface area contributed by atoms with Crippen molar-refractivity contribution in [3.05, 3.63) is 24.0 Å². The molecule has 5 nitrogen and oxygen atoms in total. The number of hydrogen-bond acceptors (Lipinski definition) is 3. The van der Waals surface area contributed by atoms with E-state index >= 15 is 0 Å². The van der Waals surface area contributed by atoms with Crippen LogP contribution in [-0.4, -0.2) is 21.4 Å². The summed E-state index contributed by atoms with van der Waals surface area (Å²) in [6.45, 7) is 9.94. The van der Waals surface area contributed by atoms with Gasteiger partial charge in [-0.2, -0.15) is 0 Å². The van der Waals surface area contributed by atoms with Gasteiger partial charge < -0.3 is 16.0 Å². The number of hydrogen-bond donors (Lipinski definition) is 3. The smallest absolute Gasteiger partial charge is 0.244 e. The van der Waals surface area contributed by atoms with Crippen LogP contribution in [0, 0.1) is 0 Å². The first kappa shape index (κ1) is 15.5. The number of benzene rings is 1. The van der Waals surface area contributed by atoms with E-state index in [9.17, 15) is 4.79 Å². The summed E-state index contributed by atoms with van der Waals surface area (Å²) in [5, 5.41) is 2.86. The molecule has 0 saturated heterocycles. The topological polar surface area (TPSA) is 83.8 Å². The van der Waals surface area contributed by atoms with Crippen molar-refractivity contribution in [1.29, 1.82) is 0 Å². The lowest BCUT2D eigenvalue weighted by Gasteiger charge is -2.21. The molecule has 0 bridgehead atoms. The van der Waals surface area contributed by atoms with E-state index < -0.39 is 5.54 Å². The first-order valence-corrected chi connectivity index (χ1v) is 7.24. The SMILES string of the molecule is CCC(C)(N)C(=O)Nc1ccc2nc(C(C)(C)C)[nH]c2c1. The number of imidazole rings is 1. The number of aromatic amines is 1. The van der Waals surface area contributed by atoms with Crippen LogP contribution in [0.5, 0.6) is 0 Å². The van der Waals surface area contributed by atoms with Crippen molar-refractivity contribution in [2.75, 3.05) is 5.32 Å². The number of amides is 1. The van der Waals surface area contributed by atoms with E-state index in [1.54, 1.807) is 6.92 Å². The third-order valence-electron chi connectivity index (χ3n) is 3.70. The maximum Gasteiger partial charge on any atom is 0.244 e. The zero-order valence-electron chi connectivity index (χ0n) is 13.4. The third-order valence-corrected chi connectivity index (χ3v) is 3.70. The molecule has 0 spiro atoms. The number of fused-ring (bicyclic) bond motifs is 1. The summed E-state index contributed by atoms with van der Waals surface area (Å²) in [4.78, 5) is 20.0. The number of carbonyl (C=O) groups excluding carboxylic acids is 1. The van der Waals surface area contributed by atoms with Crippen LogP contribution in [0.4, 0.5) is 5.69 Å². The summed E-state index contributed by atoms with van der Waals surface area (Å²) in [6.07, 6.45) is 0.583. The quantitative estimate of drug-likeness (QED) is 0.812. The van der Waals surface area contributed by atoms with Crippen molar-refractivity contribution >= 4 is 22.6 Å². The van der Waals surface area contributed by atoms with Crippen molar-refractivity contribution < 1.29 is 4.79 Å². The number of nitrogens with one attached hydrogen (secondary N) is 2. The number of nitrogens with two attached hydrogens (primary N) is 1. The third kappa shape index (κ3) is 3.24. The second-order valence-electron chi connectivity index (χ2n) is 6.79. The molecule has 21 heavy (non-hydrogen) atoms. The van der Waals surface area contributed by atoms with Crippen LogP contribution < -0.4 is 11.1 Å². The van der Waals surface area contributed by atoms with Crippen molar-refractivity contribution in [3.63, 3.8) is 0 Å². The molecule has 0 radical (unpaired) electrons. The largest absolute Gasteiger partial charge is 0.341 e. The molecule has 1 heterocycles. The lowest BCUT2D eigenvalue weighted by Crippen LogP contribution is -2.47. The Balaban J connectivity index is 2.29. The van der Waals surface area contributed by atoms with Crippen LogP contribution in [0.15, 0.2) is 18.2 Å². The fourth-order valence-electron chi connectivity index (χ4n) is 1.88. The van der Waals surface area contributed by atoms with Crippen molar-refractivity contribution in [2.45, 2.75) is 52.0 Å². The van der Waals surface area contributed by atoms with Gasteiger partial charge in [0.2, 0.25) is 5.91 Å². The minimum absolute atomic E-state index is 0.0412. The maximum absolute atomic E-state index is 12.1. The number of aromatic nitrogens is 2. The van der Waals surface area contributed by atoms with Crippen LogP contribution in [0.1, 0.15) is 46.9 Å². The van der Waals surface area contributed by atoms with Gasteiger partial charge in [-0.05, 0) is 31.5 Å². The van der Waals surface area contributed by atoms with Gasteiger partial charge in [-0.1, -0.05) is 27.7 Å². The Hall–Kier alpha value is -1.88. The molecule has 5 heteroatoms. The molecular weight excluding hydrogens is 264 g/mol. The normalized spacial score (nSPS) is 15.0. The number of anilines is 1. The highest BCUT2D eigenvalue weighted by Crippen LogP contribution is 2.24. The first-order chi connectivity index (χ1) is 9.63. The van der Waals surface area contributed by atoms with E-state index in [0.717, 1.165) is 22.5 Å². The monoisotopic (exact) mass is 288 g/mol. The van der Waals surface area contributed by atoms with Gasteiger partial charge in [0.05, 0.1) is 16.6 Å². The molecule has 0 aliphatic carbocycles. The number of nitrogens with zero attached hydrogens (tertiary/aromatic N) is 1. The highest BCUT2D eigenvalue weighted by Gasteiger charge is 2.26. The number of rotatable bonds is 3. The van der Waals surface area contributed by atoms with Gasteiger partial charge in [0.1, 0.15) is 5.82 Å². The lowest BCUT2D eigenvalue weighted by atomic mass is 9.96. The Kier molecular flexibility index (Phi) is 3.80. The summed E-state index contributed by atoms with van der Waals surface area (Å²) in [6, 6.07) is 5.64. The summed E-state index contributed by atoms with van der Waals surface area (Å²) < 4.78 is 0. The van der Waals surface area contributed by atoms with Crippen LogP contribution in [-0.2, 0) is 10.2 Å².